The molecule has 204 valence electrons. The van der Waals surface area contributed by atoms with E-state index in [2.05, 4.69) is 14.1 Å². The number of ether oxygens (including phenoxy) is 1. The standard InChI is InChI=1S/C26H33N5O6S/c1-4-6-19-21(16-32)29(3)24-23(19)27-25(28-26(24)33)20-15-18(7-8-22(20)36-5-2)38-30-12-9-17(10-13-30)11-14-37-31(34)35/h7-8,15-17H,4-6,9-14H2,1-3H3,(H,27,28,33). The maximum atomic E-state index is 13.2. The van der Waals surface area contributed by atoms with Crippen LogP contribution in [0.3, 0.4) is 0 Å². The van der Waals surface area contributed by atoms with Crippen LogP contribution < -0.4 is 10.3 Å². The Hall–Kier alpha value is -3.38. The molecule has 0 radical (unpaired) electrons. The van der Waals surface area contributed by atoms with Crippen LogP contribution in [0.2, 0.25) is 0 Å². The zero-order valence-electron chi connectivity index (χ0n) is 21.9. The van der Waals surface area contributed by atoms with E-state index in [1.807, 2.05) is 32.0 Å². The maximum absolute atomic E-state index is 13.2. The number of hydrogen-bond donors (Lipinski definition) is 1. The van der Waals surface area contributed by atoms with E-state index >= 15 is 0 Å². The second-order valence-electron chi connectivity index (χ2n) is 9.30. The largest absolute Gasteiger partial charge is 0.493 e. The molecule has 1 N–H and O–H groups in total. The number of benzene rings is 1. The SMILES string of the molecule is CCCc1c(C=O)n(C)c2c(=O)[nH]c(-c3cc(SN4CCC(CCO[N+](=O)[O-])CC4)ccc3OCC)nc12. The zero-order chi connectivity index (χ0) is 27.2. The zero-order valence-corrected chi connectivity index (χ0v) is 22.7. The minimum absolute atomic E-state index is 0.137. The lowest BCUT2D eigenvalue weighted by Gasteiger charge is -2.30. The van der Waals surface area contributed by atoms with Gasteiger partial charge in [-0.05, 0) is 68.7 Å². The van der Waals surface area contributed by atoms with Crippen LogP contribution in [-0.4, -0.2) is 56.5 Å². The highest BCUT2D eigenvalue weighted by atomic mass is 32.2. The fraction of sp³-hybridized carbons (Fsp3) is 0.500. The summed E-state index contributed by atoms with van der Waals surface area (Å²) in [6.45, 7) is 6.24. The number of hydrogen-bond acceptors (Lipinski definition) is 9. The first-order valence-electron chi connectivity index (χ1n) is 12.9. The molecule has 12 heteroatoms. The number of carbonyl (C=O) groups excluding carboxylic acids is 1. The lowest BCUT2D eigenvalue weighted by molar-refractivity contribution is -0.758. The molecule has 1 fully saturated rings. The van der Waals surface area contributed by atoms with Gasteiger partial charge in [-0.1, -0.05) is 13.3 Å². The number of nitrogens with zero attached hydrogens (tertiary/aromatic N) is 4. The molecule has 11 nitrogen and oxygen atoms in total. The number of carbonyl (C=O) groups is 1. The molecular formula is C26H33N5O6S. The summed E-state index contributed by atoms with van der Waals surface area (Å²) in [5.41, 5.74) is 2.55. The maximum Gasteiger partial charge on any atom is 0.294 e. The predicted molar refractivity (Wildman–Crippen MR) is 145 cm³/mol. The molecule has 0 unspecified atom stereocenters. The number of aldehydes is 1. The molecule has 3 heterocycles. The Labute approximate surface area is 224 Å². The van der Waals surface area contributed by atoms with Gasteiger partial charge in [0.05, 0.1) is 24.5 Å². The summed E-state index contributed by atoms with van der Waals surface area (Å²) < 4.78 is 9.77. The van der Waals surface area contributed by atoms with Gasteiger partial charge in [0.1, 0.15) is 22.6 Å². The molecule has 0 spiro atoms. The number of aromatic amines is 1. The van der Waals surface area contributed by atoms with Gasteiger partial charge < -0.3 is 19.1 Å². The van der Waals surface area contributed by atoms with Gasteiger partial charge in [-0.15, -0.1) is 10.1 Å². The van der Waals surface area contributed by atoms with Crippen molar-refractivity contribution in [1.82, 2.24) is 18.8 Å². The highest BCUT2D eigenvalue weighted by Gasteiger charge is 2.23. The summed E-state index contributed by atoms with van der Waals surface area (Å²) in [6, 6.07) is 5.85. The third-order valence-corrected chi connectivity index (χ3v) is 7.92. The van der Waals surface area contributed by atoms with Crippen molar-refractivity contribution >= 4 is 29.3 Å². The summed E-state index contributed by atoms with van der Waals surface area (Å²) in [6.07, 6.45) is 4.81. The fourth-order valence-electron chi connectivity index (χ4n) is 4.97. The van der Waals surface area contributed by atoms with Crippen LogP contribution in [0, 0.1) is 16.0 Å². The third-order valence-electron chi connectivity index (χ3n) is 6.84. The number of nitrogens with one attached hydrogen (secondary N) is 1. The van der Waals surface area contributed by atoms with Crippen molar-refractivity contribution in [3.63, 3.8) is 0 Å². The molecule has 0 bridgehead atoms. The summed E-state index contributed by atoms with van der Waals surface area (Å²) in [5.74, 6) is 1.42. The Bertz CT molecular complexity index is 1360. The van der Waals surface area contributed by atoms with Crippen LogP contribution in [0.4, 0.5) is 0 Å². The van der Waals surface area contributed by atoms with Gasteiger partial charge >= 0.3 is 0 Å². The van der Waals surface area contributed by atoms with Crippen molar-refractivity contribution in [3.8, 4) is 17.1 Å². The van der Waals surface area contributed by atoms with Gasteiger partial charge in [-0.2, -0.15) is 0 Å². The van der Waals surface area contributed by atoms with Gasteiger partial charge in [0, 0.05) is 30.6 Å². The van der Waals surface area contributed by atoms with E-state index < -0.39 is 5.09 Å². The van der Waals surface area contributed by atoms with Crippen LogP contribution >= 0.6 is 11.9 Å². The fourth-order valence-corrected chi connectivity index (χ4v) is 5.96. The molecule has 0 aliphatic carbocycles. The molecule has 0 amide bonds. The Morgan fingerprint density at radius 1 is 1.29 bits per heavy atom. The average Bonchev–Trinajstić information content (AvgIpc) is 3.17. The Morgan fingerprint density at radius 3 is 2.71 bits per heavy atom. The van der Waals surface area contributed by atoms with Crippen molar-refractivity contribution in [1.29, 1.82) is 0 Å². The predicted octanol–water partition coefficient (Wildman–Crippen LogP) is 4.41. The van der Waals surface area contributed by atoms with Gasteiger partial charge in [0.25, 0.3) is 10.6 Å². The first-order valence-corrected chi connectivity index (χ1v) is 13.7. The van der Waals surface area contributed by atoms with E-state index in [9.17, 15) is 19.7 Å². The van der Waals surface area contributed by atoms with Gasteiger partial charge in [0.15, 0.2) is 6.29 Å². The highest BCUT2D eigenvalue weighted by Crippen LogP contribution is 2.36. The number of H-pyrrole nitrogens is 1. The Morgan fingerprint density at radius 2 is 2.05 bits per heavy atom. The Balaban J connectivity index is 1.60. The van der Waals surface area contributed by atoms with Crippen LogP contribution in [-0.2, 0) is 18.3 Å². The van der Waals surface area contributed by atoms with Crippen LogP contribution in [0.5, 0.6) is 5.75 Å². The topological polar surface area (TPSA) is 133 Å². The molecule has 0 atom stereocenters. The van der Waals surface area contributed by atoms with Gasteiger partial charge in [-0.25, -0.2) is 9.29 Å². The molecule has 1 saturated heterocycles. The molecule has 1 aliphatic heterocycles. The van der Waals surface area contributed by atoms with Crippen molar-refractivity contribution < 1.29 is 19.5 Å². The van der Waals surface area contributed by atoms with E-state index in [1.54, 1.807) is 23.6 Å². The number of fused-ring (bicyclic) bond motifs is 1. The lowest BCUT2D eigenvalue weighted by Crippen LogP contribution is -2.29. The molecular weight excluding hydrogens is 510 g/mol. The molecule has 4 rings (SSSR count). The molecule has 1 aliphatic rings. The monoisotopic (exact) mass is 543 g/mol. The molecule has 0 saturated carbocycles. The smallest absolute Gasteiger partial charge is 0.294 e. The van der Waals surface area contributed by atoms with Gasteiger partial charge in [0.2, 0.25) is 0 Å². The van der Waals surface area contributed by atoms with Crippen LogP contribution in [0.1, 0.15) is 55.6 Å². The van der Waals surface area contributed by atoms with Crippen molar-refractivity contribution in [2.24, 2.45) is 13.0 Å². The van der Waals surface area contributed by atoms with Crippen molar-refractivity contribution in [2.75, 3.05) is 26.3 Å². The lowest BCUT2D eigenvalue weighted by atomic mass is 9.95. The average molecular weight is 544 g/mol. The van der Waals surface area contributed by atoms with Crippen molar-refractivity contribution in [3.05, 3.63) is 49.9 Å². The number of rotatable bonds is 12. The normalized spacial score (nSPS) is 14.6. The van der Waals surface area contributed by atoms with E-state index in [-0.39, 0.29) is 12.2 Å². The summed E-state index contributed by atoms with van der Waals surface area (Å²) in [7, 11) is 1.71. The minimum atomic E-state index is -0.738. The molecule has 38 heavy (non-hydrogen) atoms. The van der Waals surface area contributed by atoms with E-state index in [0.29, 0.717) is 59.2 Å². The van der Waals surface area contributed by atoms with Gasteiger partial charge in [-0.3, -0.25) is 9.59 Å². The van der Waals surface area contributed by atoms with E-state index in [4.69, 9.17) is 9.72 Å². The number of aryl methyl sites for hydroxylation is 2. The molecule has 3 aromatic rings. The summed E-state index contributed by atoms with van der Waals surface area (Å²) in [4.78, 5) is 48.5. The first-order chi connectivity index (χ1) is 18.4. The Kier molecular flexibility index (Phi) is 9.05. The third kappa shape index (κ3) is 6.02. The van der Waals surface area contributed by atoms with E-state index in [0.717, 1.165) is 49.1 Å². The number of piperidine rings is 1. The second kappa shape index (κ2) is 12.4. The molecule has 2 aromatic heterocycles. The number of aromatic nitrogens is 3. The first kappa shape index (κ1) is 27.6. The van der Waals surface area contributed by atoms with Crippen LogP contribution in [0.25, 0.3) is 22.4 Å². The quantitative estimate of drug-likeness (QED) is 0.153. The van der Waals surface area contributed by atoms with Crippen LogP contribution in [0.15, 0.2) is 27.9 Å². The minimum Gasteiger partial charge on any atom is -0.493 e. The summed E-state index contributed by atoms with van der Waals surface area (Å²) >= 11 is 1.63. The summed E-state index contributed by atoms with van der Waals surface area (Å²) in [5, 5.41) is 9.64. The van der Waals surface area contributed by atoms with E-state index in [1.165, 1.54) is 0 Å². The second-order valence-corrected chi connectivity index (χ2v) is 10.5. The highest BCUT2D eigenvalue weighted by molar-refractivity contribution is 7.97. The molecule has 1 aromatic carbocycles. The van der Waals surface area contributed by atoms with Crippen molar-refractivity contribution in [2.45, 2.75) is 50.8 Å².